The van der Waals surface area contributed by atoms with Gasteiger partial charge in [0.05, 0.1) is 0 Å². The highest BCUT2D eigenvalue weighted by atomic mass is 16.1. The highest BCUT2D eigenvalue weighted by Crippen LogP contribution is 2.42. The molecule has 0 aromatic rings. The summed E-state index contributed by atoms with van der Waals surface area (Å²) in [5.74, 6) is 2.27. The van der Waals surface area contributed by atoms with Crippen LogP contribution in [-0.4, -0.2) is 18.0 Å². The number of rotatable bonds is 4. The first-order valence-electron chi connectivity index (χ1n) is 8.12. The van der Waals surface area contributed by atoms with E-state index in [1.54, 1.807) is 0 Å². The van der Waals surface area contributed by atoms with Crippen molar-refractivity contribution in [3.8, 4) is 0 Å². The van der Waals surface area contributed by atoms with Crippen molar-refractivity contribution >= 4 is 5.91 Å². The minimum Gasteiger partial charge on any atom is -0.353 e. The van der Waals surface area contributed by atoms with E-state index in [1.807, 2.05) is 6.92 Å². The van der Waals surface area contributed by atoms with Crippen LogP contribution in [0.3, 0.4) is 0 Å². The van der Waals surface area contributed by atoms with Crippen molar-refractivity contribution in [3.05, 3.63) is 0 Å². The summed E-state index contributed by atoms with van der Waals surface area (Å²) in [6.07, 6.45) is 9.89. The number of nitrogens with two attached hydrogens (primary N) is 1. The molecule has 3 nitrogen and oxygen atoms in total. The highest BCUT2D eigenvalue weighted by molar-refractivity contribution is 5.79. The van der Waals surface area contributed by atoms with Crippen molar-refractivity contribution in [2.45, 2.75) is 77.3 Å². The van der Waals surface area contributed by atoms with Crippen LogP contribution in [0.5, 0.6) is 0 Å². The Morgan fingerprint density at radius 2 is 1.84 bits per heavy atom. The minimum atomic E-state index is 0.157. The SMILES string of the molecule is CC(N)CC(C)NC(=O)C1CCC2CCCCC2C1. The fraction of sp³-hybridized carbons (Fsp3) is 0.938. The summed E-state index contributed by atoms with van der Waals surface area (Å²) in [5, 5.41) is 3.16. The number of amides is 1. The first kappa shape index (κ1) is 14.8. The lowest BCUT2D eigenvalue weighted by Crippen LogP contribution is -2.42. The molecule has 0 bridgehead atoms. The zero-order valence-corrected chi connectivity index (χ0v) is 12.5. The molecule has 5 atom stereocenters. The second-order valence-corrected chi connectivity index (χ2v) is 6.94. The normalized spacial score (nSPS) is 34.2. The van der Waals surface area contributed by atoms with Crippen LogP contribution in [0.4, 0.5) is 0 Å². The van der Waals surface area contributed by atoms with Crippen molar-refractivity contribution in [3.63, 3.8) is 0 Å². The van der Waals surface area contributed by atoms with Crippen molar-refractivity contribution in [1.29, 1.82) is 0 Å². The molecule has 110 valence electrons. The molecule has 0 aromatic carbocycles. The van der Waals surface area contributed by atoms with Gasteiger partial charge < -0.3 is 11.1 Å². The molecule has 2 aliphatic rings. The molecule has 1 amide bonds. The predicted octanol–water partition coefficient (Wildman–Crippen LogP) is 2.83. The Morgan fingerprint density at radius 1 is 1.16 bits per heavy atom. The molecule has 0 aromatic heterocycles. The Morgan fingerprint density at radius 3 is 2.53 bits per heavy atom. The fourth-order valence-electron chi connectivity index (χ4n) is 4.09. The number of carbonyl (C=O) groups is 1. The van der Waals surface area contributed by atoms with E-state index in [4.69, 9.17) is 5.73 Å². The maximum atomic E-state index is 12.3. The second kappa shape index (κ2) is 6.74. The number of carbonyl (C=O) groups excluding carboxylic acids is 1. The number of nitrogens with one attached hydrogen (secondary N) is 1. The molecule has 0 radical (unpaired) electrons. The molecule has 2 rings (SSSR count). The maximum Gasteiger partial charge on any atom is 0.223 e. The Labute approximate surface area is 117 Å². The Balaban J connectivity index is 1.80. The van der Waals surface area contributed by atoms with Gasteiger partial charge in [0.2, 0.25) is 5.91 Å². The molecule has 19 heavy (non-hydrogen) atoms. The number of fused-ring (bicyclic) bond motifs is 1. The molecule has 0 saturated heterocycles. The zero-order chi connectivity index (χ0) is 13.8. The van der Waals surface area contributed by atoms with E-state index in [9.17, 15) is 4.79 Å². The Hall–Kier alpha value is -0.570. The summed E-state index contributed by atoms with van der Waals surface area (Å²) in [6.45, 7) is 4.06. The summed E-state index contributed by atoms with van der Waals surface area (Å²) >= 11 is 0. The fourth-order valence-corrected chi connectivity index (χ4v) is 4.09. The van der Waals surface area contributed by atoms with Gasteiger partial charge in [-0.2, -0.15) is 0 Å². The van der Waals surface area contributed by atoms with Crippen LogP contribution in [0, 0.1) is 17.8 Å². The minimum absolute atomic E-state index is 0.157. The van der Waals surface area contributed by atoms with Gasteiger partial charge in [0.25, 0.3) is 0 Å². The van der Waals surface area contributed by atoms with Crippen LogP contribution in [0.15, 0.2) is 0 Å². The lowest BCUT2D eigenvalue weighted by Gasteiger charge is -2.39. The summed E-state index contributed by atoms with van der Waals surface area (Å²) in [7, 11) is 0. The smallest absolute Gasteiger partial charge is 0.223 e. The third-order valence-corrected chi connectivity index (χ3v) is 5.02. The van der Waals surface area contributed by atoms with Gasteiger partial charge in [-0.1, -0.05) is 25.7 Å². The molecular formula is C16H30N2O. The van der Waals surface area contributed by atoms with E-state index < -0.39 is 0 Å². The molecule has 0 spiro atoms. The Kier molecular flexibility index (Phi) is 5.26. The van der Waals surface area contributed by atoms with Crippen molar-refractivity contribution < 1.29 is 4.79 Å². The van der Waals surface area contributed by atoms with E-state index in [0.717, 1.165) is 31.1 Å². The molecular weight excluding hydrogens is 236 g/mol. The molecule has 5 unspecified atom stereocenters. The zero-order valence-electron chi connectivity index (χ0n) is 12.5. The van der Waals surface area contributed by atoms with Crippen LogP contribution < -0.4 is 11.1 Å². The van der Waals surface area contributed by atoms with E-state index >= 15 is 0 Å². The van der Waals surface area contributed by atoms with Gasteiger partial charge in [-0.15, -0.1) is 0 Å². The van der Waals surface area contributed by atoms with Gasteiger partial charge in [-0.3, -0.25) is 4.79 Å². The van der Waals surface area contributed by atoms with E-state index in [1.165, 1.54) is 32.1 Å². The highest BCUT2D eigenvalue weighted by Gasteiger charge is 2.35. The van der Waals surface area contributed by atoms with Gasteiger partial charge >= 0.3 is 0 Å². The van der Waals surface area contributed by atoms with Gasteiger partial charge in [0.15, 0.2) is 0 Å². The average Bonchev–Trinajstić information content (AvgIpc) is 2.37. The number of hydrogen-bond donors (Lipinski definition) is 2. The monoisotopic (exact) mass is 266 g/mol. The van der Waals surface area contributed by atoms with E-state index in [0.29, 0.717) is 0 Å². The molecule has 2 aliphatic carbocycles. The Bertz CT molecular complexity index is 303. The maximum absolute atomic E-state index is 12.3. The van der Waals surface area contributed by atoms with Crippen molar-refractivity contribution in [2.75, 3.05) is 0 Å². The summed E-state index contributed by atoms with van der Waals surface area (Å²) < 4.78 is 0. The first-order valence-corrected chi connectivity index (χ1v) is 8.12. The summed E-state index contributed by atoms with van der Waals surface area (Å²) in [6, 6.07) is 0.362. The molecule has 3 heteroatoms. The van der Waals surface area contributed by atoms with Gasteiger partial charge in [0.1, 0.15) is 0 Å². The van der Waals surface area contributed by atoms with Gasteiger partial charge in [-0.25, -0.2) is 0 Å². The second-order valence-electron chi connectivity index (χ2n) is 6.94. The summed E-state index contributed by atoms with van der Waals surface area (Å²) in [4.78, 5) is 12.3. The van der Waals surface area contributed by atoms with E-state index in [-0.39, 0.29) is 23.9 Å². The largest absolute Gasteiger partial charge is 0.353 e. The van der Waals surface area contributed by atoms with Crippen molar-refractivity contribution in [2.24, 2.45) is 23.5 Å². The van der Waals surface area contributed by atoms with E-state index in [2.05, 4.69) is 12.2 Å². The predicted molar refractivity (Wildman–Crippen MR) is 78.7 cm³/mol. The van der Waals surface area contributed by atoms with Crippen LogP contribution in [0.1, 0.15) is 65.2 Å². The third-order valence-electron chi connectivity index (χ3n) is 5.02. The molecule has 0 heterocycles. The van der Waals surface area contributed by atoms with Gasteiger partial charge in [0, 0.05) is 18.0 Å². The molecule has 2 saturated carbocycles. The lowest BCUT2D eigenvalue weighted by atomic mass is 9.67. The lowest BCUT2D eigenvalue weighted by molar-refractivity contribution is -0.127. The first-order chi connectivity index (χ1) is 9.06. The third kappa shape index (κ3) is 4.20. The summed E-state index contributed by atoms with van der Waals surface area (Å²) in [5.41, 5.74) is 5.78. The van der Waals surface area contributed by atoms with Gasteiger partial charge in [-0.05, 0) is 51.4 Å². The molecule has 2 fully saturated rings. The van der Waals surface area contributed by atoms with Crippen molar-refractivity contribution in [1.82, 2.24) is 5.32 Å². The van der Waals surface area contributed by atoms with Crippen LogP contribution >= 0.6 is 0 Å². The quantitative estimate of drug-likeness (QED) is 0.822. The average molecular weight is 266 g/mol. The van der Waals surface area contributed by atoms with Crippen LogP contribution in [0.2, 0.25) is 0 Å². The molecule has 0 aliphatic heterocycles. The van der Waals surface area contributed by atoms with Crippen LogP contribution in [0.25, 0.3) is 0 Å². The number of hydrogen-bond acceptors (Lipinski definition) is 2. The standard InChI is InChI=1S/C16H30N2O/c1-11(17)9-12(2)18-16(19)15-8-7-13-5-3-4-6-14(13)10-15/h11-15H,3-10,17H2,1-2H3,(H,18,19). The molecule has 3 N–H and O–H groups in total. The van der Waals surface area contributed by atoms with Crippen LogP contribution in [-0.2, 0) is 4.79 Å². The topological polar surface area (TPSA) is 55.1 Å².